The van der Waals surface area contributed by atoms with Crippen molar-refractivity contribution >= 4 is 12.2 Å². The fourth-order valence-electron chi connectivity index (χ4n) is 5.32. The maximum absolute atomic E-state index is 3.74. The molecule has 0 radical (unpaired) electrons. The largest absolute Gasteiger partial charge is 0.364 e. The standard InChI is InChI=1S/C16H25N.C11H12.C10H21N/c1-5-8-11-15-13(4)17-12-16(15)14(9-6-2)10-7-3;1-3-4-7-11-8-5-6-10(2)9-11;1-4-9(2)10-5-7-11(3)8-6-10/h5,8,11-12,14,17H,1,6-7,9-10H2,2-4H3;3-9H,1H2,2H3;9-10H,4-8H2,1-3H3/b11-8-;7-4+;. The molecule has 1 unspecified atom stereocenters. The molecule has 1 aromatic heterocycles. The second kappa shape index (κ2) is 20.3. The number of likely N-dealkylation sites (tertiary alicyclic amines) is 1. The van der Waals surface area contributed by atoms with Gasteiger partial charge in [-0.2, -0.15) is 0 Å². The van der Waals surface area contributed by atoms with E-state index in [1.165, 1.54) is 86.0 Å². The fraction of sp³-hybridized carbons (Fsp3) is 0.514. The summed E-state index contributed by atoms with van der Waals surface area (Å²) < 4.78 is 0. The molecule has 0 amide bonds. The molecule has 2 heteroatoms. The smallest absolute Gasteiger partial charge is 0.0192 e. The van der Waals surface area contributed by atoms with Gasteiger partial charge in [0.05, 0.1) is 0 Å². The van der Waals surface area contributed by atoms with Crippen LogP contribution < -0.4 is 0 Å². The van der Waals surface area contributed by atoms with E-state index in [2.05, 4.69) is 108 Å². The van der Waals surface area contributed by atoms with Gasteiger partial charge >= 0.3 is 0 Å². The number of hydrogen-bond donors (Lipinski definition) is 1. The third kappa shape index (κ3) is 13.4. The van der Waals surface area contributed by atoms with Crippen molar-refractivity contribution in [1.29, 1.82) is 0 Å². The lowest BCUT2D eigenvalue weighted by Gasteiger charge is -2.32. The van der Waals surface area contributed by atoms with Crippen LogP contribution in [0.2, 0.25) is 0 Å². The second-order valence-electron chi connectivity index (χ2n) is 11.2. The Morgan fingerprint density at radius 3 is 2.13 bits per heavy atom. The monoisotopic (exact) mass is 530 g/mol. The summed E-state index contributed by atoms with van der Waals surface area (Å²) in [6, 6.07) is 8.36. The molecule has 39 heavy (non-hydrogen) atoms. The highest BCUT2D eigenvalue weighted by atomic mass is 15.1. The zero-order valence-electron chi connectivity index (χ0n) is 26.3. The number of aromatic amines is 1. The Hall–Kier alpha value is -2.58. The number of benzene rings is 1. The summed E-state index contributed by atoms with van der Waals surface area (Å²) >= 11 is 0. The van der Waals surface area contributed by atoms with E-state index >= 15 is 0 Å². The number of hydrogen-bond acceptors (Lipinski definition) is 1. The van der Waals surface area contributed by atoms with Gasteiger partial charge in [0, 0.05) is 11.9 Å². The van der Waals surface area contributed by atoms with Gasteiger partial charge in [-0.3, -0.25) is 0 Å². The number of piperidine rings is 1. The van der Waals surface area contributed by atoms with Crippen LogP contribution in [0, 0.1) is 25.7 Å². The summed E-state index contributed by atoms with van der Waals surface area (Å²) in [6.45, 7) is 23.4. The van der Waals surface area contributed by atoms with E-state index in [-0.39, 0.29) is 0 Å². The molecule has 1 saturated heterocycles. The van der Waals surface area contributed by atoms with Gasteiger partial charge < -0.3 is 9.88 Å². The highest BCUT2D eigenvalue weighted by Gasteiger charge is 2.20. The molecule has 1 aliphatic heterocycles. The Morgan fingerprint density at radius 2 is 1.59 bits per heavy atom. The molecule has 216 valence electrons. The van der Waals surface area contributed by atoms with Gasteiger partial charge in [-0.25, -0.2) is 0 Å². The molecule has 2 heterocycles. The van der Waals surface area contributed by atoms with Crippen LogP contribution in [0.3, 0.4) is 0 Å². The molecule has 2 aromatic rings. The van der Waals surface area contributed by atoms with Crippen molar-refractivity contribution < 1.29 is 0 Å². The van der Waals surface area contributed by atoms with Gasteiger partial charge in [-0.05, 0) is 94.1 Å². The number of H-pyrrole nitrogens is 1. The van der Waals surface area contributed by atoms with Crippen LogP contribution in [0.15, 0.2) is 67.9 Å². The van der Waals surface area contributed by atoms with E-state index in [0.717, 1.165) is 11.8 Å². The fourth-order valence-corrected chi connectivity index (χ4v) is 5.32. The minimum absolute atomic E-state index is 0.694. The number of nitrogens with zero attached hydrogens (tertiary/aromatic N) is 1. The molecular weight excluding hydrogens is 472 g/mol. The van der Waals surface area contributed by atoms with Crippen molar-refractivity contribution in [3.63, 3.8) is 0 Å². The first-order valence-electron chi connectivity index (χ1n) is 15.3. The summed E-state index contributed by atoms with van der Waals surface area (Å²) in [5.41, 5.74) is 6.61. The van der Waals surface area contributed by atoms with Crippen molar-refractivity contribution in [2.45, 2.75) is 92.4 Å². The average molecular weight is 531 g/mol. The number of aryl methyl sites for hydroxylation is 2. The molecule has 0 saturated carbocycles. The van der Waals surface area contributed by atoms with E-state index in [4.69, 9.17) is 0 Å². The zero-order chi connectivity index (χ0) is 29.0. The van der Waals surface area contributed by atoms with E-state index in [9.17, 15) is 0 Å². The number of rotatable bonds is 11. The molecule has 1 N–H and O–H groups in total. The van der Waals surface area contributed by atoms with E-state index in [1.54, 1.807) is 6.08 Å². The van der Waals surface area contributed by atoms with Crippen molar-refractivity contribution in [2.24, 2.45) is 11.8 Å². The van der Waals surface area contributed by atoms with Crippen LogP contribution in [0.1, 0.15) is 107 Å². The summed E-state index contributed by atoms with van der Waals surface area (Å²) in [7, 11) is 2.23. The average Bonchev–Trinajstić information content (AvgIpc) is 3.31. The van der Waals surface area contributed by atoms with Gasteiger partial charge in [0.25, 0.3) is 0 Å². The lowest BCUT2D eigenvalue weighted by molar-refractivity contribution is 0.175. The predicted octanol–water partition coefficient (Wildman–Crippen LogP) is 10.8. The highest BCUT2D eigenvalue weighted by Crippen LogP contribution is 2.31. The molecule has 1 fully saturated rings. The topological polar surface area (TPSA) is 19.0 Å². The summed E-state index contributed by atoms with van der Waals surface area (Å²) in [5, 5.41) is 0. The first kappa shape index (κ1) is 34.4. The molecule has 1 aromatic carbocycles. The lowest BCUT2D eigenvalue weighted by Crippen LogP contribution is -2.32. The molecule has 0 bridgehead atoms. The number of aromatic nitrogens is 1. The van der Waals surface area contributed by atoms with Crippen LogP contribution in [0.4, 0.5) is 0 Å². The molecule has 2 nitrogen and oxygen atoms in total. The molecule has 3 rings (SSSR count). The van der Waals surface area contributed by atoms with Crippen molar-refractivity contribution in [1.82, 2.24) is 9.88 Å². The lowest BCUT2D eigenvalue weighted by atomic mass is 9.84. The molecule has 0 spiro atoms. The second-order valence-corrected chi connectivity index (χ2v) is 11.2. The van der Waals surface area contributed by atoms with Crippen LogP contribution in [0.5, 0.6) is 0 Å². The molecule has 0 aliphatic carbocycles. The highest BCUT2D eigenvalue weighted by molar-refractivity contribution is 5.58. The van der Waals surface area contributed by atoms with Gasteiger partial charge in [0.1, 0.15) is 0 Å². The van der Waals surface area contributed by atoms with Crippen LogP contribution in [-0.4, -0.2) is 30.0 Å². The van der Waals surface area contributed by atoms with Crippen LogP contribution >= 0.6 is 0 Å². The van der Waals surface area contributed by atoms with E-state index < -0.39 is 0 Å². The summed E-state index contributed by atoms with van der Waals surface area (Å²) in [5.74, 6) is 2.65. The van der Waals surface area contributed by atoms with Gasteiger partial charge in [0.15, 0.2) is 0 Å². The normalized spacial score (nSPS) is 15.1. The van der Waals surface area contributed by atoms with E-state index in [0.29, 0.717) is 5.92 Å². The Bertz CT molecular complexity index is 979. The predicted molar refractivity (Wildman–Crippen MR) is 177 cm³/mol. The maximum atomic E-state index is 3.74. The van der Waals surface area contributed by atoms with Gasteiger partial charge in [-0.15, -0.1) is 0 Å². The first-order chi connectivity index (χ1) is 18.8. The molecule has 1 aliphatic rings. The number of allylic oxidation sites excluding steroid dienone is 4. The van der Waals surface area contributed by atoms with Crippen molar-refractivity contribution in [3.05, 3.63) is 95.9 Å². The third-order valence-electron chi connectivity index (χ3n) is 7.95. The third-order valence-corrected chi connectivity index (χ3v) is 7.95. The van der Waals surface area contributed by atoms with Crippen LogP contribution in [0.25, 0.3) is 12.2 Å². The van der Waals surface area contributed by atoms with E-state index in [1.807, 2.05) is 24.3 Å². The Balaban J connectivity index is 0.000000304. The van der Waals surface area contributed by atoms with Gasteiger partial charge in [0.2, 0.25) is 0 Å². The van der Waals surface area contributed by atoms with Gasteiger partial charge in [-0.1, -0.05) is 126 Å². The Kier molecular flexibility index (Phi) is 18.0. The van der Waals surface area contributed by atoms with Crippen molar-refractivity contribution in [2.75, 3.05) is 20.1 Å². The summed E-state index contributed by atoms with van der Waals surface area (Å²) in [4.78, 5) is 5.80. The Morgan fingerprint density at radius 1 is 0.974 bits per heavy atom. The SMILES string of the molecule is C=C/C=C/c1cccc(C)c1.C=C/C=C\c1c(C(CCC)CCC)c[nH]c1C.CCC(C)C1CCN(C)CC1. The minimum Gasteiger partial charge on any atom is -0.364 e. The minimum atomic E-state index is 0.694. The maximum Gasteiger partial charge on any atom is 0.0192 e. The number of nitrogens with one attached hydrogen (secondary N) is 1. The van der Waals surface area contributed by atoms with Crippen molar-refractivity contribution in [3.8, 4) is 0 Å². The summed E-state index contributed by atoms with van der Waals surface area (Å²) in [6.07, 6.45) is 23.2. The zero-order valence-corrected chi connectivity index (χ0v) is 26.3. The first-order valence-corrected chi connectivity index (χ1v) is 15.3. The Labute approximate surface area is 242 Å². The van der Waals surface area contributed by atoms with Crippen LogP contribution in [-0.2, 0) is 0 Å². The molecular formula is C37H58N2. The quantitative estimate of drug-likeness (QED) is 0.286. The molecule has 1 atom stereocenters.